The molecule has 7 heteroatoms. The van der Waals surface area contributed by atoms with Gasteiger partial charge in [-0.15, -0.1) is 0 Å². The number of hydrogen-bond donors (Lipinski definition) is 1. The number of nitrogens with two attached hydrogens (primary N) is 1. The molecule has 0 aliphatic heterocycles. The van der Waals surface area contributed by atoms with E-state index in [4.69, 9.17) is 28.9 Å². The Labute approximate surface area is 130 Å². The third-order valence-corrected chi connectivity index (χ3v) is 5.81. The van der Waals surface area contributed by atoms with Crippen LogP contribution in [0.5, 0.6) is 0 Å². The Morgan fingerprint density at radius 2 is 1.90 bits per heavy atom. The minimum absolute atomic E-state index is 0.0325. The van der Waals surface area contributed by atoms with Crippen LogP contribution in [0.3, 0.4) is 0 Å². The monoisotopic (exact) mass is 338 g/mol. The second kappa shape index (κ2) is 7.61. The molecule has 0 heterocycles. The molecule has 0 radical (unpaired) electrons. The molecule has 0 aliphatic carbocycles. The fourth-order valence-electron chi connectivity index (χ4n) is 1.88. The lowest BCUT2D eigenvalue weighted by molar-refractivity contribution is 0.419. The second-order valence-corrected chi connectivity index (χ2v) is 7.15. The highest BCUT2D eigenvalue weighted by Gasteiger charge is 2.26. The molecule has 4 nitrogen and oxygen atoms in total. The van der Waals surface area contributed by atoms with Crippen LogP contribution in [0.4, 0.5) is 0 Å². The average molecular weight is 339 g/mol. The van der Waals surface area contributed by atoms with Crippen molar-refractivity contribution in [1.82, 2.24) is 4.31 Å². The van der Waals surface area contributed by atoms with Crippen LogP contribution in [0.25, 0.3) is 0 Å². The third-order valence-electron chi connectivity index (χ3n) is 3.03. The van der Waals surface area contributed by atoms with Crippen LogP contribution < -0.4 is 5.73 Å². The largest absolute Gasteiger partial charge is 0.326 e. The minimum atomic E-state index is -3.65. The fourth-order valence-corrected chi connectivity index (χ4v) is 4.28. The van der Waals surface area contributed by atoms with Gasteiger partial charge in [-0.25, -0.2) is 8.42 Å². The van der Waals surface area contributed by atoms with Gasteiger partial charge in [-0.05, 0) is 24.1 Å². The summed E-state index contributed by atoms with van der Waals surface area (Å²) in [5.74, 6) is 0. The molecule has 0 fully saturated rings. The molecule has 1 aromatic rings. The second-order valence-electron chi connectivity index (χ2n) is 4.43. The van der Waals surface area contributed by atoms with Gasteiger partial charge in [0.15, 0.2) is 0 Å². The molecule has 0 aromatic heterocycles. The topological polar surface area (TPSA) is 63.4 Å². The molecule has 20 heavy (non-hydrogen) atoms. The molecular weight excluding hydrogens is 319 g/mol. The Bertz CT molecular complexity index is 562. The molecule has 0 unspecified atom stereocenters. The van der Waals surface area contributed by atoms with Crippen LogP contribution in [0.15, 0.2) is 17.0 Å². The SMILES string of the molecule is CCCCN(CC)S(=O)(=O)c1cc(Cl)cc(CN)c1Cl. The maximum atomic E-state index is 12.7. The first-order chi connectivity index (χ1) is 9.38. The highest BCUT2D eigenvalue weighted by molar-refractivity contribution is 7.89. The lowest BCUT2D eigenvalue weighted by Crippen LogP contribution is -2.32. The van der Waals surface area contributed by atoms with E-state index in [2.05, 4.69) is 0 Å². The number of halogens is 2. The third kappa shape index (κ3) is 3.86. The molecule has 0 amide bonds. The van der Waals surface area contributed by atoms with Crippen LogP contribution in [0, 0.1) is 0 Å². The number of rotatable bonds is 7. The van der Waals surface area contributed by atoms with E-state index in [1.165, 1.54) is 10.4 Å². The van der Waals surface area contributed by atoms with Gasteiger partial charge in [-0.3, -0.25) is 0 Å². The summed E-state index contributed by atoms with van der Waals surface area (Å²) in [6, 6.07) is 2.97. The van der Waals surface area contributed by atoms with E-state index in [1.54, 1.807) is 13.0 Å². The van der Waals surface area contributed by atoms with Crippen molar-refractivity contribution in [2.75, 3.05) is 13.1 Å². The van der Waals surface area contributed by atoms with Crippen LogP contribution in [0.2, 0.25) is 10.0 Å². The van der Waals surface area contributed by atoms with E-state index in [9.17, 15) is 8.42 Å². The van der Waals surface area contributed by atoms with Gasteiger partial charge in [0.1, 0.15) is 4.90 Å². The van der Waals surface area contributed by atoms with E-state index >= 15 is 0 Å². The van der Waals surface area contributed by atoms with Gasteiger partial charge in [0, 0.05) is 24.7 Å². The van der Waals surface area contributed by atoms with E-state index in [0.717, 1.165) is 12.8 Å². The Kier molecular flexibility index (Phi) is 6.75. The van der Waals surface area contributed by atoms with Crippen molar-refractivity contribution in [3.8, 4) is 0 Å². The van der Waals surface area contributed by atoms with E-state index in [1.807, 2.05) is 6.92 Å². The molecule has 0 aliphatic rings. The molecule has 0 atom stereocenters. The van der Waals surface area contributed by atoms with Crippen molar-refractivity contribution in [1.29, 1.82) is 0 Å². The summed E-state index contributed by atoms with van der Waals surface area (Å²) in [5, 5.41) is 0.479. The van der Waals surface area contributed by atoms with Crippen LogP contribution >= 0.6 is 23.2 Å². The number of sulfonamides is 1. The van der Waals surface area contributed by atoms with Gasteiger partial charge < -0.3 is 5.73 Å². The highest BCUT2D eigenvalue weighted by Crippen LogP contribution is 2.31. The first kappa shape index (κ1) is 17.7. The number of benzene rings is 1. The zero-order chi connectivity index (χ0) is 15.3. The lowest BCUT2D eigenvalue weighted by Gasteiger charge is -2.21. The van der Waals surface area contributed by atoms with Gasteiger partial charge in [-0.2, -0.15) is 4.31 Å². The standard InChI is InChI=1S/C13H20Cl2N2O2S/c1-3-5-6-17(4-2)20(18,19)12-8-11(14)7-10(9-16)13(12)15/h7-8H,3-6,9,16H2,1-2H3. The average Bonchev–Trinajstić information content (AvgIpc) is 2.41. The summed E-state index contributed by atoms with van der Waals surface area (Å²) in [5.41, 5.74) is 6.10. The number of nitrogens with zero attached hydrogens (tertiary/aromatic N) is 1. The van der Waals surface area contributed by atoms with Crippen molar-refractivity contribution in [3.05, 3.63) is 27.7 Å². The van der Waals surface area contributed by atoms with E-state index in [0.29, 0.717) is 23.7 Å². The van der Waals surface area contributed by atoms with Crippen molar-refractivity contribution in [2.24, 2.45) is 5.73 Å². The Balaban J connectivity index is 3.30. The molecule has 0 bridgehead atoms. The number of unbranched alkanes of at least 4 members (excludes halogenated alkanes) is 1. The highest BCUT2D eigenvalue weighted by atomic mass is 35.5. The lowest BCUT2D eigenvalue weighted by atomic mass is 10.2. The predicted molar refractivity (Wildman–Crippen MR) is 83.7 cm³/mol. The molecule has 1 rings (SSSR count). The zero-order valence-corrected chi connectivity index (χ0v) is 14.0. The van der Waals surface area contributed by atoms with Crippen molar-refractivity contribution < 1.29 is 8.42 Å². The van der Waals surface area contributed by atoms with Gasteiger partial charge in [0.2, 0.25) is 10.0 Å². The van der Waals surface area contributed by atoms with Gasteiger partial charge in [0.05, 0.1) is 5.02 Å². The molecule has 2 N–H and O–H groups in total. The fraction of sp³-hybridized carbons (Fsp3) is 0.538. The number of hydrogen-bond acceptors (Lipinski definition) is 3. The van der Waals surface area contributed by atoms with Crippen LogP contribution in [-0.4, -0.2) is 25.8 Å². The first-order valence-corrected chi connectivity index (χ1v) is 8.76. The minimum Gasteiger partial charge on any atom is -0.326 e. The van der Waals surface area contributed by atoms with Gasteiger partial charge in [-0.1, -0.05) is 43.5 Å². The Hall–Kier alpha value is -0.330. The predicted octanol–water partition coefficient (Wildman–Crippen LogP) is 3.26. The first-order valence-electron chi connectivity index (χ1n) is 6.56. The van der Waals surface area contributed by atoms with Crippen molar-refractivity contribution in [2.45, 2.75) is 38.1 Å². The van der Waals surface area contributed by atoms with Crippen LogP contribution in [-0.2, 0) is 16.6 Å². The summed E-state index contributed by atoms with van der Waals surface area (Å²) >= 11 is 12.1. The molecule has 0 spiro atoms. The molecule has 114 valence electrons. The normalized spacial score (nSPS) is 12.1. The molecule has 0 saturated carbocycles. The van der Waals surface area contributed by atoms with E-state index in [-0.39, 0.29) is 16.5 Å². The summed E-state index contributed by atoms with van der Waals surface area (Å²) in [7, 11) is -3.65. The molecule has 1 aromatic carbocycles. The van der Waals surface area contributed by atoms with Crippen molar-refractivity contribution >= 4 is 33.2 Å². The summed E-state index contributed by atoms with van der Waals surface area (Å²) in [6.45, 7) is 4.82. The summed E-state index contributed by atoms with van der Waals surface area (Å²) in [6.07, 6.45) is 1.72. The van der Waals surface area contributed by atoms with Crippen molar-refractivity contribution in [3.63, 3.8) is 0 Å². The maximum absolute atomic E-state index is 12.7. The smallest absolute Gasteiger partial charge is 0.244 e. The Morgan fingerprint density at radius 1 is 1.25 bits per heavy atom. The maximum Gasteiger partial charge on any atom is 0.244 e. The van der Waals surface area contributed by atoms with Gasteiger partial charge in [0.25, 0.3) is 0 Å². The molecule has 0 saturated heterocycles. The quantitative estimate of drug-likeness (QED) is 0.829. The van der Waals surface area contributed by atoms with Gasteiger partial charge >= 0.3 is 0 Å². The summed E-state index contributed by atoms with van der Waals surface area (Å²) < 4.78 is 26.7. The zero-order valence-electron chi connectivity index (χ0n) is 11.7. The van der Waals surface area contributed by atoms with E-state index < -0.39 is 10.0 Å². The van der Waals surface area contributed by atoms with Crippen LogP contribution in [0.1, 0.15) is 32.3 Å². The summed E-state index contributed by atoms with van der Waals surface area (Å²) in [4.78, 5) is 0.0325. The molecular formula is C13H20Cl2N2O2S. The Morgan fingerprint density at radius 3 is 2.40 bits per heavy atom.